The van der Waals surface area contributed by atoms with Crippen LogP contribution in [0.4, 0.5) is 5.69 Å². The average Bonchev–Trinajstić information content (AvgIpc) is 2.63. The molecule has 0 aliphatic rings. The summed E-state index contributed by atoms with van der Waals surface area (Å²) in [5.74, 6) is 0.222. The number of anilines is 1. The first-order valence-electron chi connectivity index (χ1n) is 8.40. The Hall–Kier alpha value is -3.02. The van der Waals surface area contributed by atoms with Crippen LogP contribution < -0.4 is 14.8 Å². The van der Waals surface area contributed by atoms with Gasteiger partial charge in [-0.25, -0.2) is 4.79 Å². The van der Waals surface area contributed by atoms with Crippen molar-refractivity contribution in [2.45, 2.75) is 26.9 Å². The number of carbonyl (C=O) groups is 2. The lowest BCUT2D eigenvalue weighted by molar-refractivity contribution is -0.155. The molecule has 0 aromatic heterocycles. The summed E-state index contributed by atoms with van der Waals surface area (Å²) < 4.78 is 15.8. The van der Waals surface area contributed by atoms with Gasteiger partial charge < -0.3 is 19.5 Å². The molecule has 0 saturated carbocycles. The molecule has 2 rings (SSSR count). The molecule has 1 amide bonds. The number of benzene rings is 2. The van der Waals surface area contributed by atoms with Gasteiger partial charge in [0.1, 0.15) is 11.5 Å². The molecule has 138 valence electrons. The summed E-state index contributed by atoms with van der Waals surface area (Å²) in [6.45, 7) is 5.67. The predicted octanol–water partition coefficient (Wildman–Crippen LogP) is 3.34. The Labute approximate surface area is 153 Å². The Morgan fingerprint density at radius 2 is 1.54 bits per heavy atom. The number of amides is 1. The van der Waals surface area contributed by atoms with Gasteiger partial charge in [-0.1, -0.05) is 17.7 Å². The molecule has 2 aromatic carbocycles. The lowest BCUT2D eigenvalue weighted by Crippen LogP contribution is -2.31. The van der Waals surface area contributed by atoms with Crippen LogP contribution in [0.5, 0.6) is 11.5 Å². The van der Waals surface area contributed by atoms with Gasteiger partial charge in [0.05, 0.1) is 6.61 Å². The molecule has 6 nitrogen and oxygen atoms in total. The topological polar surface area (TPSA) is 73.9 Å². The number of nitrogens with one attached hydrogen (secondary N) is 1. The van der Waals surface area contributed by atoms with E-state index >= 15 is 0 Å². The smallest absolute Gasteiger partial charge is 0.344 e. The summed E-state index contributed by atoms with van der Waals surface area (Å²) in [4.78, 5) is 23.9. The molecule has 0 bridgehead atoms. The fraction of sp³-hybridized carbons (Fsp3) is 0.300. The first-order chi connectivity index (χ1) is 12.5. The molecule has 0 spiro atoms. The highest BCUT2D eigenvalue weighted by Gasteiger charge is 2.18. The zero-order chi connectivity index (χ0) is 18.9. The molecule has 26 heavy (non-hydrogen) atoms. The van der Waals surface area contributed by atoms with E-state index in [2.05, 4.69) is 5.32 Å². The van der Waals surface area contributed by atoms with Gasteiger partial charge in [-0.3, -0.25) is 4.79 Å². The minimum atomic E-state index is -0.923. The number of hydrogen-bond acceptors (Lipinski definition) is 5. The number of carbonyl (C=O) groups excluding carboxylic acids is 2. The van der Waals surface area contributed by atoms with E-state index in [1.165, 1.54) is 6.92 Å². The number of ether oxygens (including phenoxy) is 3. The molecule has 0 heterocycles. The maximum Gasteiger partial charge on any atom is 0.344 e. The Morgan fingerprint density at radius 1 is 0.962 bits per heavy atom. The number of aryl methyl sites for hydroxylation is 1. The highest BCUT2D eigenvalue weighted by molar-refractivity contribution is 5.95. The second-order valence-electron chi connectivity index (χ2n) is 5.68. The highest BCUT2D eigenvalue weighted by atomic mass is 16.6. The minimum Gasteiger partial charge on any atom is -0.494 e. The van der Waals surface area contributed by atoms with Crippen LogP contribution >= 0.6 is 0 Å². The van der Waals surface area contributed by atoms with E-state index in [4.69, 9.17) is 14.2 Å². The molecular weight excluding hydrogens is 334 g/mol. The van der Waals surface area contributed by atoms with Crippen LogP contribution in [0, 0.1) is 6.92 Å². The summed E-state index contributed by atoms with van der Waals surface area (Å²) in [5.41, 5.74) is 1.74. The van der Waals surface area contributed by atoms with Crippen molar-refractivity contribution in [3.8, 4) is 11.5 Å². The number of hydrogen-bond donors (Lipinski definition) is 1. The van der Waals surface area contributed by atoms with Gasteiger partial charge in [0.15, 0.2) is 12.7 Å². The van der Waals surface area contributed by atoms with Crippen molar-refractivity contribution in [2.75, 3.05) is 18.5 Å². The molecule has 2 aromatic rings. The van der Waals surface area contributed by atoms with Crippen molar-refractivity contribution in [1.82, 2.24) is 0 Å². The Bertz CT molecular complexity index is 725. The summed E-state index contributed by atoms with van der Waals surface area (Å²) in [5, 5.41) is 2.70. The van der Waals surface area contributed by atoms with Crippen LogP contribution in [0.25, 0.3) is 0 Å². The van der Waals surface area contributed by atoms with Gasteiger partial charge in [-0.05, 0) is 57.2 Å². The number of rotatable bonds is 8. The Balaban J connectivity index is 1.77. The number of esters is 1. The Kier molecular flexibility index (Phi) is 7.02. The maximum atomic E-state index is 12.1. The molecule has 0 radical (unpaired) electrons. The summed E-state index contributed by atoms with van der Waals surface area (Å²) in [6.07, 6.45) is -0.923. The molecule has 1 atom stereocenters. The van der Waals surface area contributed by atoms with E-state index < -0.39 is 18.0 Å². The monoisotopic (exact) mass is 357 g/mol. The van der Waals surface area contributed by atoms with Crippen LogP contribution in [0.3, 0.4) is 0 Å². The normalized spacial score (nSPS) is 11.3. The van der Waals surface area contributed by atoms with Crippen LogP contribution in [0.15, 0.2) is 48.5 Å². The molecular formula is C20H23NO5. The average molecular weight is 357 g/mol. The minimum absolute atomic E-state index is 0.282. The highest BCUT2D eigenvalue weighted by Crippen LogP contribution is 2.17. The van der Waals surface area contributed by atoms with E-state index in [0.29, 0.717) is 18.0 Å². The summed E-state index contributed by atoms with van der Waals surface area (Å²) >= 11 is 0. The van der Waals surface area contributed by atoms with Gasteiger partial charge >= 0.3 is 5.97 Å². The SMILES string of the molecule is CCOc1ccc(OCC(=O)O[C@@H](C)C(=O)Nc2ccc(C)cc2)cc1. The van der Waals surface area contributed by atoms with Crippen LogP contribution in [0.2, 0.25) is 0 Å². The zero-order valence-electron chi connectivity index (χ0n) is 15.2. The zero-order valence-corrected chi connectivity index (χ0v) is 15.2. The molecule has 0 aliphatic carbocycles. The fourth-order valence-corrected chi connectivity index (χ4v) is 2.11. The van der Waals surface area contributed by atoms with Crippen molar-refractivity contribution in [3.63, 3.8) is 0 Å². The summed E-state index contributed by atoms with van der Waals surface area (Å²) in [6, 6.07) is 14.3. The standard InChI is InChI=1S/C20H23NO5/c1-4-24-17-9-11-18(12-10-17)25-13-19(22)26-15(3)20(23)21-16-7-5-14(2)6-8-16/h5-12,15H,4,13H2,1-3H3,(H,21,23)/t15-/m0/s1. The largest absolute Gasteiger partial charge is 0.494 e. The van der Waals surface area contributed by atoms with E-state index in [9.17, 15) is 9.59 Å². The molecule has 0 fully saturated rings. The van der Waals surface area contributed by atoms with Gasteiger partial charge in [-0.2, -0.15) is 0 Å². The first-order valence-corrected chi connectivity index (χ1v) is 8.40. The van der Waals surface area contributed by atoms with Gasteiger partial charge in [0, 0.05) is 5.69 Å². The van der Waals surface area contributed by atoms with Crippen LogP contribution in [-0.2, 0) is 14.3 Å². The van der Waals surface area contributed by atoms with E-state index in [0.717, 1.165) is 11.3 Å². The second-order valence-corrected chi connectivity index (χ2v) is 5.68. The lowest BCUT2D eigenvalue weighted by atomic mass is 10.2. The van der Waals surface area contributed by atoms with Gasteiger partial charge in [0.2, 0.25) is 0 Å². The fourth-order valence-electron chi connectivity index (χ4n) is 2.11. The van der Waals surface area contributed by atoms with Crippen LogP contribution in [0.1, 0.15) is 19.4 Å². The third-order valence-corrected chi connectivity index (χ3v) is 3.49. The second kappa shape index (κ2) is 9.46. The van der Waals surface area contributed by atoms with Gasteiger partial charge in [-0.15, -0.1) is 0 Å². The van der Waals surface area contributed by atoms with Crippen molar-refractivity contribution < 1.29 is 23.8 Å². The first kappa shape index (κ1) is 19.3. The third kappa shape index (κ3) is 6.12. The molecule has 1 N–H and O–H groups in total. The van der Waals surface area contributed by atoms with Crippen LogP contribution in [-0.4, -0.2) is 31.2 Å². The lowest BCUT2D eigenvalue weighted by Gasteiger charge is -2.14. The third-order valence-electron chi connectivity index (χ3n) is 3.49. The van der Waals surface area contributed by atoms with Crippen molar-refractivity contribution >= 4 is 17.6 Å². The molecule has 0 aliphatic heterocycles. The van der Waals surface area contributed by atoms with Crippen molar-refractivity contribution in [2.24, 2.45) is 0 Å². The van der Waals surface area contributed by atoms with E-state index in [-0.39, 0.29) is 6.61 Å². The van der Waals surface area contributed by atoms with E-state index in [1.807, 2.05) is 26.0 Å². The molecule has 0 saturated heterocycles. The van der Waals surface area contributed by atoms with E-state index in [1.54, 1.807) is 36.4 Å². The van der Waals surface area contributed by atoms with Gasteiger partial charge in [0.25, 0.3) is 5.91 Å². The molecule has 6 heteroatoms. The quantitative estimate of drug-likeness (QED) is 0.734. The summed E-state index contributed by atoms with van der Waals surface area (Å²) in [7, 11) is 0. The van der Waals surface area contributed by atoms with Crippen molar-refractivity contribution in [1.29, 1.82) is 0 Å². The molecule has 0 unspecified atom stereocenters. The van der Waals surface area contributed by atoms with Crippen molar-refractivity contribution in [3.05, 3.63) is 54.1 Å². The predicted molar refractivity (Wildman–Crippen MR) is 98.5 cm³/mol. The maximum absolute atomic E-state index is 12.1. The Morgan fingerprint density at radius 3 is 2.12 bits per heavy atom.